The minimum Gasteiger partial charge on any atom is -0.383 e. The second kappa shape index (κ2) is 11.6. The molecule has 170 valence electrons. The first kappa shape index (κ1) is 24.6. The predicted molar refractivity (Wildman–Crippen MR) is 121 cm³/mol. The molecule has 0 spiro atoms. The molecular formula is C21H32ClN7O2. The monoisotopic (exact) mass is 449 g/mol. The Balaban J connectivity index is 0.00000166. The van der Waals surface area contributed by atoms with Gasteiger partial charge in [-0.15, -0.1) is 0 Å². The first-order valence-corrected chi connectivity index (χ1v) is 11.1. The number of nitrogens with two attached hydrogens (primary N) is 1. The van der Waals surface area contributed by atoms with Gasteiger partial charge in [0.05, 0.1) is 0 Å². The van der Waals surface area contributed by atoms with Crippen LogP contribution in [-0.4, -0.2) is 56.0 Å². The van der Waals surface area contributed by atoms with Crippen LogP contribution in [0.3, 0.4) is 0 Å². The second-order valence-electron chi connectivity index (χ2n) is 7.40. The van der Waals surface area contributed by atoms with Gasteiger partial charge < -0.3 is 16.0 Å². The van der Waals surface area contributed by atoms with Gasteiger partial charge in [0.25, 0.3) is 5.91 Å². The summed E-state index contributed by atoms with van der Waals surface area (Å²) in [4.78, 5) is 34.9. The molecule has 1 atom stereocenters. The number of nitrogens with zero attached hydrogens (tertiary/aromatic N) is 4. The van der Waals surface area contributed by atoms with Gasteiger partial charge in [-0.1, -0.05) is 25.4 Å². The van der Waals surface area contributed by atoms with Crippen LogP contribution in [0.5, 0.6) is 0 Å². The molecule has 0 aromatic carbocycles. The Hall–Kier alpha value is -2.68. The van der Waals surface area contributed by atoms with Crippen LogP contribution in [0, 0.1) is 12.8 Å². The van der Waals surface area contributed by atoms with Crippen molar-refractivity contribution in [2.24, 2.45) is 5.92 Å². The summed E-state index contributed by atoms with van der Waals surface area (Å²) >= 11 is 6.21. The van der Waals surface area contributed by atoms with E-state index in [1.807, 2.05) is 18.7 Å². The van der Waals surface area contributed by atoms with E-state index in [0.29, 0.717) is 41.5 Å². The molecule has 0 aliphatic carbocycles. The molecule has 31 heavy (non-hydrogen) atoms. The highest BCUT2D eigenvalue weighted by Gasteiger charge is 2.27. The lowest BCUT2D eigenvalue weighted by atomic mass is 9.90. The zero-order valence-corrected chi connectivity index (χ0v) is 19.4. The van der Waals surface area contributed by atoms with Crippen molar-refractivity contribution in [3.8, 4) is 0 Å². The number of aryl methyl sites for hydroxylation is 1. The van der Waals surface area contributed by atoms with Crippen molar-refractivity contribution in [2.45, 2.75) is 59.4 Å². The van der Waals surface area contributed by atoms with Gasteiger partial charge in [0.15, 0.2) is 0 Å². The minimum absolute atomic E-state index is 0.0736. The molecule has 0 radical (unpaired) electrons. The van der Waals surface area contributed by atoms with E-state index in [0.717, 1.165) is 31.2 Å². The summed E-state index contributed by atoms with van der Waals surface area (Å²) in [6.07, 6.45) is 4.94. The second-order valence-corrected chi connectivity index (χ2v) is 7.76. The van der Waals surface area contributed by atoms with Crippen LogP contribution in [0.1, 0.15) is 61.9 Å². The molecule has 0 saturated carbocycles. The van der Waals surface area contributed by atoms with E-state index in [9.17, 15) is 9.59 Å². The van der Waals surface area contributed by atoms with Gasteiger partial charge in [0.2, 0.25) is 5.91 Å². The summed E-state index contributed by atoms with van der Waals surface area (Å²) < 4.78 is 0. The molecule has 1 saturated heterocycles. The van der Waals surface area contributed by atoms with Crippen molar-refractivity contribution in [1.29, 1.82) is 0 Å². The molecule has 1 aliphatic heterocycles. The molecule has 1 aliphatic rings. The van der Waals surface area contributed by atoms with Crippen LogP contribution in [-0.2, 0) is 11.2 Å². The van der Waals surface area contributed by atoms with Gasteiger partial charge in [-0.25, -0.2) is 9.97 Å². The Kier molecular flexibility index (Phi) is 9.23. The van der Waals surface area contributed by atoms with Gasteiger partial charge in [0, 0.05) is 24.8 Å². The number of aromatic nitrogens is 4. The zero-order chi connectivity index (χ0) is 23.0. The molecule has 1 fully saturated rings. The Labute approximate surface area is 188 Å². The number of rotatable bonds is 6. The first-order chi connectivity index (χ1) is 14.8. The zero-order valence-electron chi connectivity index (χ0n) is 18.6. The number of halogens is 1. The number of anilines is 1. The number of carbonyl (C=O) groups excluding carboxylic acids is 2. The third-order valence-corrected chi connectivity index (χ3v) is 5.61. The molecule has 0 bridgehead atoms. The fourth-order valence-electron chi connectivity index (χ4n) is 3.60. The van der Waals surface area contributed by atoms with Crippen LogP contribution in [0.15, 0.2) is 12.3 Å². The Morgan fingerprint density at radius 3 is 2.58 bits per heavy atom. The van der Waals surface area contributed by atoms with E-state index < -0.39 is 6.04 Å². The summed E-state index contributed by atoms with van der Waals surface area (Å²) in [5, 5.41) is 9.46. The third kappa shape index (κ3) is 6.65. The lowest BCUT2D eigenvalue weighted by Gasteiger charge is -2.33. The number of hydrogen-bond acceptors (Lipinski definition) is 6. The molecule has 9 nitrogen and oxygen atoms in total. The highest BCUT2D eigenvalue weighted by atomic mass is 35.5. The van der Waals surface area contributed by atoms with Gasteiger partial charge >= 0.3 is 0 Å². The van der Waals surface area contributed by atoms with E-state index in [-0.39, 0.29) is 11.8 Å². The van der Waals surface area contributed by atoms with E-state index in [1.165, 1.54) is 6.20 Å². The van der Waals surface area contributed by atoms with Crippen molar-refractivity contribution >= 4 is 29.2 Å². The molecule has 1 unspecified atom stereocenters. The van der Waals surface area contributed by atoms with Crippen molar-refractivity contribution in [2.75, 3.05) is 18.8 Å². The smallest absolute Gasteiger partial charge is 0.269 e. The highest BCUT2D eigenvalue weighted by Crippen LogP contribution is 2.26. The topological polar surface area (TPSA) is 130 Å². The Morgan fingerprint density at radius 2 is 2.00 bits per heavy atom. The molecule has 2 aromatic rings. The predicted octanol–water partition coefficient (Wildman–Crippen LogP) is 2.76. The SMILES string of the molecule is CC.Cc1nc(N)c(CCC2CCN(C(=O)C(C)NC(=O)c3ccn[nH]3)CC2)c(Cl)n1. The number of nitrogen functional groups attached to an aromatic ring is 1. The number of hydrogen-bond donors (Lipinski definition) is 3. The Bertz CT molecular complexity index is 842. The number of H-pyrrole nitrogens is 1. The molecule has 4 N–H and O–H groups in total. The largest absolute Gasteiger partial charge is 0.383 e. The summed E-state index contributed by atoms with van der Waals surface area (Å²) in [5.41, 5.74) is 7.11. The number of carbonyl (C=O) groups is 2. The fraction of sp³-hybridized carbons (Fsp3) is 0.571. The first-order valence-electron chi connectivity index (χ1n) is 10.7. The number of nitrogens with one attached hydrogen (secondary N) is 2. The Morgan fingerprint density at radius 1 is 1.32 bits per heavy atom. The summed E-state index contributed by atoms with van der Waals surface area (Å²) in [7, 11) is 0. The van der Waals surface area contributed by atoms with E-state index >= 15 is 0 Å². The third-order valence-electron chi connectivity index (χ3n) is 5.29. The fourth-order valence-corrected chi connectivity index (χ4v) is 3.91. The van der Waals surface area contributed by atoms with Crippen molar-refractivity contribution in [1.82, 2.24) is 30.4 Å². The summed E-state index contributed by atoms with van der Waals surface area (Å²) in [6.45, 7) is 8.80. The molecular weight excluding hydrogens is 418 g/mol. The van der Waals surface area contributed by atoms with Gasteiger partial charge in [-0.2, -0.15) is 5.10 Å². The molecule has 3 heterocycles. The molecule has 3 rings (SSSR count). The number of piperidine rings is 1. The van der Waals surface area contributed by atoms with Gasteiger partial charge in [-0.3, -0.25) is 14.7 Å². The number of likely N-dealkylation sites (tertiary alicyclic amines) is 1. The van der Waals surface area contributed by atoms with Gasteiger partial charge in [0.1, 0.15) is 28.5 Å². The molecule has 2 aromatic heterocycles. The van der Waals surface area contributed by atoms with Crippen LogP contribution in [0.2, 0.25) is 5.15 Å². The maximum Gasteiger partial charge on any atom is 0.269 e. The van der Waals surface area contributed by atoms with E-state index in [4.69, 9.17) is 17.3 Å². The van der Waals surface area contributed by atoms with Crippen molar-refractivity contribution < 1.29 is 9.59 Å². The van der Waals surface area contributed by atoms with Gasteiger partial charge in [-0.05, 0) is 51.5 Å². The maximum atomic E-state index is 12.6. The maximum absolute atomic E-state index is 12.6. The molecule has 10 heteroatoms. The average molecular weight is 450 g/mol. The number of amides is 2. The quantitative estimate of drug-likeness (QED) is 0.581. The van der Waals surface area contributed by atoms with E-state index in [2.05, 4.69) is 25.5 Å². The van der Waals surface area contributed by atoms with Crippen molar-refractivity contribution in [3.63, 3.8) is 0 Å². The van der Waals surface area contributed by atoms with Crippen LogP contribution in [0.4, 0.5) is 5.82 Å². The summed E-state index contributed by atoms with van der Waals surface area (Å²) in [6, 6.07) is 0.974. The van der Waals surface area contributed by atoms with Crippen LogP contribution in [0.25, 0.3) is 0 Å². The number of aromatic amines is 1. The lowest BCUT2D eigenvalue weighted by Crippen LogP contribution is -2.49. The normalized spacial score (nSPS) is 15.1. The van der Waals surface area contributed by atoms with Crippen LogP contribution < -0.4 is 11.1 Å². The van der Waals surface area contributed by atoms with Crippen LogP contribution >= 0.6 is 11.6 Å². The standard InChI is InChI=1S/C19H26ClN7O2.C2H6/c1-11(23-18(28)15-5-8-22-26-15)19(29)27-9-6-13(7-10-27)3-4-14-16(20)24-12(2)25-17(14)21;1-2/h5,8,11,13H,3-4,6-7,9-10H2,1-2H3,(H,22,26)(H,23,28)(H2,21,24,25);1-2H3. The van der Waals surface area contributed by atoms with E-state index in [1.54, 1.807) is 19.9 Å². The van der Waals surface area contributed by atoms with Crippen molar-refractivity contribution in [3.05, 3.63) is 34.5 Å². The summed E-state index contributed by atoms with van der Waals surface area (Å²) in [5.74, 6) is 1.07. The minimum atomic E-state index is -0.592. The average Bonchev–Trinajstić information content (AvgIpc) is 3.29. The molecule has 2 amide bonds. The highest BCUT2D eigenvalue weighted by molar-refractivity contribution is 6.30. The lowest BCUT2D eigenvalue weighted by molar-refractivity contribution is -0.134.